The predicted molar refractivity (Wildman–Crippen MR) is 101 cm³/mol. The van der Waals surface area contributed by atoms with Gasteiger partial charge in [-0.2, -0.15) is 0 Å². The van der Waals surface area contributed by atoms with Crippen molar-refractivity contribution < 1.29 is 23.6 Å². The first-order valence-corrected chi connectivity index (χ1v) is 9.64. The lowest BCUT2D eigenvalue weighted by molar-refractivity contribution is 0.0986. The van der Waals surface area contributed by atoms with Gasteiger partial charge >= 0.3 is 13.3 Å². The number of rotatable bonds is 8. The first-order chi connectivity index (χ1) is 12.4. The van der Waals surface area contributed by atoms with Gasteiger partial charge in [0.1, 0.15) is 11.5 Å². The molecule has 0 N–H and O–H groups in total. The summed E-state index contributed by atoms with van der Waals surface area (Å²) in [5.74, 6) is 0.752. The molecule has 0 spiro atoms. The van der Waals surface area contributed by atoms with Crippen molar-refractivity contribution in [2.75, 3.05) is 20.4 Å². The van der Waals surface area contributed by atoms with Crippen LogP contribution in [0.25, 0.3) is 0 Å². The van der Waals surface area contributed by atoms with Gasteiger partial charge < -0.3 is 9.47 Å². The summed E-state index contributed by atoms with van der Waals surface area (Å²) in [6.07, 6.45) is 0.0184. The molecule has 0 heterocycles. The summed E-state index contributed by atoms with van der Waals surface area (Å²) in [4.78, 5) is 25.0. The van der Waals surface area contributed by atoms with Crippen LogP contribution in [0.2, 0.25) is 0 Å². The molecule has 2 aromatic carbocycles. The Morgan fingerprint density at radius 2 is 1.65 bits per heavy atom. The fourth-order valence-corrected chi connectivity index (χ4v) is 3.96. The molecule has 136 valence electrons. The second-order valence-electron chi connectivity index (χ2n) is 5.91. The number of hydrogen-bond donors (Lipinski definition) is 0. The van der Waals surface area contributed by atoms with Crippen LogP contribution in [0, 0.1) is 13.8 Å². The normalized spacial score (nSPS) is 11.0. The summed E-state index contributed by atoms with van der Waals surface area (Å²) in [5.41, 5.74) is 2.06. The highest BCUT2D eigenvalue weighted by Crippen LogP contribution is 2.32. The van der Waals surface area contributed by atoms with E-state index in [1.165, 1.54) is 14.2 Å². The summed E-state index contributed by atoms with van der Waals surface area (Å²) in [6.45, 7) is 3.63. The van der Waals surface area contributed by atoms with Gasteiger partial charge in [-0.15, -0.1) is 0 Å². The van der Waals surface area contributed by atoms with Crippen molar-refractivity contribution in [1.82, 2.24) is 0 Å². The maximum absolute atomic E-state index is 12.5. The van der Waals surface area contributed by atoms with Crippen LogP contribution in [0.1, 0.15) is 38.3 Å². The van der Waals surface area contributed by atoms with Crippen LogP contribution in [0.15, 0.2) is 36.4 Å². The predicted octanol–water partition coefficient (Wildman–Crippen LogP) is 4.56. The standard InChI is InChI=1S/C20H22O5P/c1-13-6-5-7-14(2)19(13)20(22)26(23)11-10-17(21)16-9-8-15(24-3)12-18(16)25-4/h5-9,12H,10-11H2,1-4H3/q+1. The lowest BCUT2D eigenvalue weighted by Crippen LogP contribution is -2.06. The fraction of sp³-hybridized carbons (Fsp3) is 0.300. The third-order valence-electron chi connectivity index (χ3n) is 4.17. The molecule has 6 heteroatoms. The van der Waals surface area contributed by atoms with E-state index in [2.05, 4.69) is 0 Å². The highest BCUT2D eigenvalue weighted by molar-refractivity contribution is 7.64. The Labute approximate surface area is 154 Å². The third kappa shape index (κ3) is 4.36. The molecule has 0 saturated heterocycles. The molecule has 2 rings (SSSR count). The maximum Gasteiger partial charge on any atom is 0.420 e. The highest BCUT2D eigenvalue weighted by Gasteiger charge is 2.32. The topological polar surface area (TPSA) is 69.7 Å². The van der Waals surface area contributed by atoms with Gasteiger partial charge in [-0.1, -0.05) is 22.8 Å². The van der Waals surface area contributed by atoms with E-state index in [0.717, 1.165) is 11.1 Å². The average Bonchev–Trinajstić information content (AvgIpc) is 2.64. The number of Topliss-reactive ketones (excluding diaryl/α,β-unsaturated/α-hetero) is 1. The second kappa shape index (κ2) is 8.72. The van der Waals surface area contributed by atoms with Crippen molar-refractivity contribution in [1.29, 1.82) is 0 Å². The van der Waals surface area contributed by atoms with Crippen molar-refractivity contribution >= 4 is 19.1 Å². The van der Waals surface area contributed by atoms with Gasteiger partial charge in [0.25, 0.3) is 0 Å². The molecule has 26 heavy (non-hydrogen) atoms. The summed E-state index contributed by atoms with van der Waals surface area (Å²) in [5, 5.41) is 0. The number of ketones is 1. The summed E-state index contributed by atoms with van der Waals surface area (Å²) in [6, 6.07) is 10.4. The van der Waals surface area contributed by atoms with E-state index in [0.29, 0.717) is 22.6 Å². The Bertz CT molecular complexity index is 837. The largest absolute Gasteiger partial charge is 0.497 e. The molecule has 0 fully saturated rings. The lowest BCUT2D eigenvalue weighted by atomic mass is 10.0. The molecule has 1 atom stereocenters. The molecular weight excluding hydrogens is 351 g/mol. The van der Waals surface area contributed by atoms with Gasteiger partial charge in [-0.05, 0) is 37.1 Å². The fourth-order valence-electron chi connectivity index (χ4n) is 2.74. The molecule has 0 amide bonds. The van der Waals surface area contributed by atoms with Gasteiger partial charge in [-0.3, -0.25) is 4.79 Å². The van der Waals surface area contributed by atoms with E-state index in [9.17, 15) is 14.2 Å². The molecule has 0 aliphatic rings. The molecule has 0 aliphatic carbocycles. The van der Waals surface area contributed by atoms with Crippen molar-refractivity contribution in [3.8, 4) is 11.5 Å². The first-order valence-electron chi connectivity index (χ1n) is 8.19. The van der Waals surface area contributed by atoms with Crippen LogP contribution < -0.4 is 9.47 Å². The Balaban J connectivity index is 2.10. The summed E-state index contributed by atoms with van der Waals surface area (Å²) >= 11 is 0. The third-order valence-corrected chi connectivity index (χ3v) is 5.48. The second-order valence-corrected chi connectivity index (χ2v) is 7.52. The van der Waals surface area contributed by atoms with Crippen LogP contribution in [0.5, 0.6) is 11.5 Å². The molecular formula is C20H22O5P+. The van der Waals surface area contributed by atoms with E-state index < -0.39 is 13.3 Å². The quantitative estimate of drug-likeness (QED) is 0.501. The minimum Gasteiger partial charge on any atom is -0.497 e. The Kier molecular flexibility index (Phi) is 6.64. The summed E-state index contributed by atoms with van der Waals surface area (Å²) < 4.78 is 22.8. The molecule has 0 aromatic heterocycles. The number of benzene rings is 2. The van der Waals surface area contributed by atoms with Gasteiger partial charge in [0.2, 0.25) is 0 Å². The van der Waals surface area contributed by atoms with E-state index >= 15 is 0 Å². The van der Waals surface area contributed by atoms with Gasteiger partial charge in [0.05, 0.1) is 31.8 Å². The Morgan fingerprint density at radius 3 is 2.23 bits per heavy atom. The van der Waals surface area contributed by atoms with E-state index in [-0.39, 0.29) is 18.4 Å². The van der Waals surface area contributed by atoms with Crippen molar-refractivity contribution in [3.63, 3.8) is 0 Å². The zero-order chi connectivity index (χ0) is 19.3. The molecule has 5 nitrogen and oxygen atoms in total. The molecule has 2 aromatic rings. The van der Waals surface area contributed by atoms with Gasteiger partial charge in [0.15, 0.2) is 11.9 Å². The SMILES string of the molecule is COc1ccc(C(=O)CC[P+](=O)C(=O)c2c(C)cccc2C)c(OC)c1. The number of aryl methyl sites for hydroxylation is 2. The number of ether oxygens (including phenoxy) is 2. The van der Waals surface area contributed by atoms with Gasteiger partial charge in [0, 0.05) is 6.07 Å². The minimum atomic E-state index is -2.17. The van der Waals surface area contributed by atoms with E-state index in [1.807, 2.05) is 32.0 Å². The van der Waals surface area contributed by atoms with Crippen molar-refractivity contribution in [3.05, 3.63) is 58.7 Å². The van der Waals surface area contributed by atoms with Crippen LogP contribution in [-0.4, -0.2) is 31.7 Å². The van der Waals surface area contributed by atoms with Crippen molar-refractivity contribution in [2.45, 2.75) is 20.3 Å². The van der Waals surface area contributed by atoms with E-state index in [4.69, 9.17) is 9.47 Å². The Morgan fingerprint density at radius 1 is 1.00 bits per heavy atom. The average molecular weight is 373 g/mol. The summed E-state index contributed by atoms with van der Waals surface area (Å²) in [7, 11) is 0.825. The minimum absolute atomic E-state index is 0.00849. The molecule has 0 bridgehead atoms. The molecule has 0 radical (unpaired) electrons. The van der Waals surface area contributed by atoms with Crippen LogP contribution in [0.3, 0.4) is 0 Å². The first kappa shape index (κ1) is 19.8. The van der Waals surface area contributed by atoms with E-state index in [1.54, 1.807) is 18.2 Å². The van der Waals surface area contributed by atoms with Crippen LogP contribution >= 0.6 is 7.80 Å². The number of hydrogen-bond acceptors (Lipinski definition) is 5. The smallest absolute Gasteiger partial charge is 0.420 e. The molecule has 0 aliphatic heterocycles. The maximum atomic E-state index is 12.5. The molecule has 0 saturated carbocycles. The van der Waals surface area contributed by atoms with Crippen molar-refractivity contribution in [2.24, 2.45) is 0 Å². The Hall–Kier alpha value is -2.52. The zero-order valence-corrected chi connectivity index (χ0v) is 16.3. The highest BCUT2D eigenvalue weighted by atomic mass is 31.1. The monoisotopic (exact) mass is 373 g/mol. The van der Waals surface area contributed by atoms with Gasteiger partial charge in [-0.25, -0.2) is 4.79 Å². The zero-order valence-electron chi connectivity index (χ0n) is 15.4. The van der Waals surface area contributed by atoms with Crippen LogP contribution in [-0.2, 0) is 4.57 Å². The van der Waals surface area contributed by atoms with Crippen LogP contribution in [0.4, 0.5) is 0 Å². The lowest BCUT2D eigenvalue weighted by Gasteiger charge is -2.08. The number of methoxy groups -OCH3 is 2. The number of carbonyl (C=O) groups is 2. The number of carbonyl (C=O) groups excluding carboxylic acids is 2. The molecule has 1 unspecified atom stereocenters.